The number of halogens is 2. The Morgan fingerprint density at radius 2 is 1.00 bits per heavy atom. The minimum absolute atomic E-state index is 0. The van der Waals surface area contributed by atoms with Gasteiger partial charge in [-0.3, -0.25) is 0 Å². The van der Waals surface area contributed by atoms with Crippen molar-refractivity contribution in [3.8, 4) is 0 Å². The average molecular weight is 357 g/mol. The number of alkyl halides is 1. The smallest absolute Gasteiger partial charge is 0.0787 e. The molecule has 118 valence electrons. The molecule has 0 rings (SSSR count). The standard InChI is InChI=1S/C16H35ClN.BrH/c1-4-7-13-18(14-8-5-2,15-9-6-3)16-11-10-12-17;/h4-16H2,1-3H3;1H/q+1;/p-1. The predicted octanol–water partition coefficient (Wildman–Crippen LogP) is 2.23. The van der Waals surface area contributed by atoms with Crippen molar-refractivity contribution < 1.29 is 21.5 Å². The fourth-order valence-electron chi connectivity index (χ4n) is 2.69. The number of hydrogen-bond donors (Lipinski definition) is 0. The first-order valence-electron chi connectivity index (χ1n) is 8.15. The van der Waals surface area contributed by atoms with Crippen LogP contribution in [0.2, 0.25) is 0 Å². The molecule has 0 aromatic rings. The Morgan fingerprint density at radius 3 is 1.32 bits per heavy atom. The largest absolute Gasteiger partial charge is 1.00 e. The van der Waals surface area contributed by atoms with Gasteiger partial charge in [-0.2, -0.15) is 0 Å². The SMILES string of the molecule is CCCC[N+](CCCC)(CCCC)CCCCCl.[Br-]. The molecule has 0 aliphatic rings. The summed E-state index contributed by atoms with van der Waals surface area (Å²) in [4.78, 5) is 0. The summed E-state index contributed by atoms with van der Waals surface area (Å²) in [5.74, 6) is 0.829. The highest BCUT2D eigenvalue weighted by Crippen LogP contribution is 2.16. The summed E-state index contributed by atoms with van der Waals surface area (Å²) >= 11 is 5.84. The van der Waals surface area contributed by atoms with Crippen LogP contribution in [0.15, 0.2) is 0 Å². The molecule has 19 heavy (non-hydrogen) atoms. The van der Waals surface area contributed by atoms with Gasteiger partial charge >= 0.3 is 0 Å². The van der Waals surface area contributed by atoms with Crippen molar-refractivity contribution in [1.29, 1.82) is 0 Å². The second kappa shape index (κ2) is 15.1. The molecule has 0 aliphatic carbocycles. The number of rotatable bonds is 13. The van der Waals surface area contributed by atoms with E-state index in [1.54, 1.807) is 0 Å². The summed E-state index contributed by atoms with van der Waals surface area (Å²) in [5.41, 5.74) is 0. The lowest BCUT2D eigenvalue weighted by atomic mass is 10.1. The van der Waals surface area contributed by atoms with E-state index in [0.717, 1.165) is 5.88 Å². The van der Waals surface area contributed by atoms with Crippen LogP contribution in [0, 0.1) is 0 Å². The van der Waals surface area contributed by atoms with Crippen LogP contribution in [-0.4, -0.2) is 36.5 Å². The van der Waals surface area contributed by atoms with Gasteiger partial charge in [0.15, 0.2) is 0 Å². The number of unbranched alkanes of at least 4 members (excludes halogenated alkanes) is 4. The Morgan fingerprint density at radius 1 is 0.632 bits per heavy atom. The molecule has 0 aliphatic heterocycles. The zero-order valence-electron chi connectivity index (χ0n) is 13.4. The molecule has 1 nitrogen and oxygen atoms in total. The maximum Gasteiger partial charge on any atom is 0.0787 e. The summed E-state index contributed by atoms with van der Waals surface area (Å²) in [6.07, 6.45) is 10.6. The van der Waals surface area contributed by atoms with E-state index < -0.39 is 0 Å². The van der Waals surface area contributed by atoms with E-state index in [1.807, 2.05) is 0 Å². The van der Waals surface area contributed by atoms with E-state index in [9.17, 15) is 0 Å². The first kappa shape index (κ1) is 22.0. The van der Waals surface area contributed by atoms with Crippen LogP contribution in [0.5, 0.6) is 0 Å². The summed E-state index contributed by atoms with van der Waals surface area (Å²) in [6.45, 7) is 12.5. The molecule has 0 amide bonds. The minimum Gasteiger partial charge on any atom is -1.00 e. The molecule has 0 heterocycles. The van der Waals surface area contributed by atoms with Crippen molar-refractivity contribution in [2.45, 2.75) is 72.1 Å². The van der Waals surface area contributed by atoms with Crippen molar-refractivity contribution in [2.75, 3.05) is 32.1 Å². The normalized spacial score (nSPS) is 11.4. The Bertz CT molecular complexity index is 154. The van der Waals surface area contributed by atoms with E-state index in [0.29, 0.717) is 0 Å². The first-order chi connectivity index (χ1) is 8.74. The third-order valence-electron chi connectivity index (χ3n) is 3.97. The van der Waals surface area contributed by atoms with Crippen molar-refractivity contribution in [3.63, 3.8) is 0 Å². The van der Waals surface area contributed by atoms with Crippen LogP contribution in [0.4, 0.5) is 0 Å². The maximum absolute atomic E-state index is 5.84. The zero-order chi connectivity index (χ0) is 13.7. The van der Waals surface area contributed by atoms with Crippen LogP contribution in [0.1, 0.15) is 72.1 Å². The zero-order valence-corrected chi connectivity index (χ0v) is 15.7. The lowest BCUT2D eigenvalue weighted by molar-refractivity contribution is -0.929. The number of quaternary nitrogens is 1. The highest BCUT2D eigenvalue weighted by atomic mass is 79.9. The minimum atomic E-state index is 0. The van der Waals surface area contributed by atoms with Gasteiger partial charge in [0, 0.05) is 5.88 Å². The molecular weight excluding hydrogens is 322 g/mol. The molecule has 0 saturated heterocycles. The highest BCUT2D eigenvalue weighted by Gasteiger charge is 2.24. The van der Waals surface area contributed by atoms with Crippen molar-refractivity contribution >= 4 is 11.6 Å². The van der Waals surface area contributed by atoms with Crippen LogP contribution in [-0.2, 0) is 0 Å². The van der Waals surface area contributed by atoms with Crippen LogP contribution >= 0.6 is 11.6 Å². The lowest BCUT2D eigenvalue weighted by Crippen LogP contribution is -3.00. The van der Waals surface area contributed by atoms with Gasteiger partial charge in [-0.25, -0.2) is 0 Å². The molecule has 0 atom stereocenters. The molecule has 0 aromatic heterocycles. The molecule has 0 N–H and O–H groups in total. The Balaban J connectivity index is 0. The molecule has 0 unspecified atom stereocenters. The topological polar surface area (TPSA) is 0 Å². The Kier molecular flexibility index (Phi) is 17.5. The van der Waals surface area contributed by atoms with E-state index >= 15 is 0 Å². The van der Waals surface area contributed by atoms with Crippen LogP contribution in [0.25, 0.3) is 0 Å². The number of nitrogens with zero attached hydrogens (tertiary/aromatic N) is 1. The third-order valence-corrected chi connectivity index (χ3v) is 4.24. The van der Waals surface area contributed by atoms with E-state index in [4.69, 9.17) is 11.6 Å². The fraction of sp³-hybridized carbons (Fsp3) is 1.00. The molecule has 0 aromatic carbocycles. The summed E-state index contributed by atoms with van der Waals surface area (Å²) in [6, 6.07) is 0. The predicted molar refractivity (Wildman–Crippen MR) is 84.4 cm³/mol. The van der Waals surface area contributed by atoms with Gasteiger partial charge in [-0.1, -0.05) is 40.0 Å². The molecule has 0 radical (unpaired) electrons. The Labute approximate surface area is 137 Å². The van der Waals surface area contributed by atoms with Gasteiger partial charge in [-0.15, -0.1) is 11.6 Å². The van der Waals surface area contributed by atoms with E-state index in [-0.39, 0.29) is 17.0 Å². The quantitative estimate of drug-likeness (QED) is 0.270. The van der Waals surface area contributed by atoms with Gasteiger partial charge in [-0.05, 0) is 32.1 Å². The second-order valence-electron chi connectivity index (χ2n) is 5.69. The lowest BCUT2D eigenvalue weighted by Gasteiger charge is -2.39. The van der Waals surface area contributed by atoms with Gasteiger partial charge < -0.3 is 21.5 Å². The number of hydrogen-bond acceptors (Lipinski definition) is 0. The summed E-state index contributed by atoms with van der Waals surface area (Å²) in [5, 5.41) is 0. The molecule has 0 bridgehead atoms. The van der Waals surface area contributed by atoms with E-state index in [2.05, 4.69) is 20.8 Å². The third kappa shape index (κ3) is 11.1. The summed E-state index contributed by atoms with van der Waals surface area (Å²) in [7, 11) is 0. The molecule has 0 saturated carbocycles. The van der Waals surface area contributed by atoms with Crippen LogP contribution < -0.4 is 17.0 Å². The highest BCUT2D eigenvalue weighted by molar-refractivity contribution is 6.17. The van der Waals surface area contributed by atoms with Gasteiger partial charge in [0.25, 0.3) is 0 Å². The van der Waals surface area contributed by atoms with E-state index in [1.165, 1.54) is 82.0 Å². The van der Waals surface area contributed by atoms with Crippen molar-refractivity contribution in [3.05, 3.63) is 0 Å². The molecule has 3 heteroatoms. The maximum atomic E-state index is 5.84. The van der Waals surface area contributed by atoms with Gasteiger partial charge in [0.1, 0.15) is 0 Å². The fourth-order valence-corrected chi connectivity index (χ4v) is 2.88. The molecule has 0 spiro atoms. The van der Waals surface area contributed by atoms with Gasteiger partial charge in [0.2, 0.25) is 0 Å². The first-order valence-corrected chi connectivity index (χ1v) is 8.69. The molecular formula is C16H35BrClN. The molecule has 0 fully saturated rings. The van der Waals surface area contributed by atoms with Gasteiger partial charge in [0.05, 0.1) is 26.2 Å². The van der Waals surface area contributed by atoms with Crippen LogP contribution in [0.3, 0.4) is 0 Å². The average Bonchev–Trinajstić information content (AvgIpc) is 2.40. The van der Waals surface area contributed by atoms with Crippen molar-refractivity contribution in [2.24, 2.45) is 0 Å². The Hall–Kier alpha value is 0.730. The van der Waals surface area contributed by atoms with Crippen molar-refractivity contribution in [1.82, 2.24) is 0 Å². The summed E-state index contributed by atoms with van der Waals surface area (Å²) < 4.78 is 1.37. The second-order valence-corrected chi connectivity index (χ2v) is 6.07. The monoisotopic (exact) mass is 355 g/mol.